The minimum atomic E-state index is -0.371. The van der Waals surface area contributed by atoms with Crippen molar-refractivity contribution in [3.63, 3.8) is 0 Å². The van der Waals surface area contributed by atoms with Gasteiger partial charge in [0.2, 0.25) is 0 Å². The van der Waals surface area contributed by atoms with Gasteiger partial charge in [-0.3, -0.25) is 0 Å². The number of nitriles is 1. The van der Waals surface area contributed by atoms with Crippen LogP contribution in [0.2, 0.25) is 5.02 Å². The molecule has 0 aliphatic carbocycles. The fourth-order valence-electron chi connectivity index (χ4n) is 2.21. The predicted octanol–water partition coefficient (Wildman–Crippen LogP) is 4.70. The van der Waals surface area contributed by atoms with Gasteiger partial charge in [0.25, 0.3) is 0 Å². The van der Waals surface area contributed by atoms with E-state index in [1.54, 1.807) is 30.3 Å². The number of halogens is 1. The van der Waals surface area contributed by atoms with Crippen LogP contribution in [0.1, 0.15) is 21.6 Å². The maximum atomic E-state index is 11.5. The molecule has 7 heteroatoms. The van der Waals surface area contributed by atoms with Crippen LogP contribution in [0.3, 0.4) is 0 Å². The minimum Gasteiger partial charge on any atom is -0.486 e. The van der Waals surface area contributed by atoms with E-state index in [4.69, 9.17) is 21.6 Å². The fraction of sp³-hybridized carbons (Fsp3) is 0.105. The van der Waals surface area contributed by atoms with Gasteiger partial charge in [0.05, 0.1) is 35.0 Å². The molecule has 0 saturated carbocycles. The van der Waals surface area contributed by atoms with Gasteiger partial charge in [-0.2, -0.15) is 5.26 Å². The normalized spacial score (nSPS) is 10.2. The molecule has 0 unspecified atom stereocenters. The van der Waals surface area contributed by atoms with Crippen LogP contribution in [-0.2, 0) is 11.3 Å². The molecular formula is C19H13ClN2O3S. The Bertz CT molecular complexity index is 977. The van der Waals surface area contributed by atoms with Gasteiger partial charge in [0.15, 0.2) is 0 Å². The third-order valence-corrected chi connectivity index (χ3v) is 4.78. The zero-order valence-corrected chi connectivity index (χ0v) is 15.3. The lowest BCUT2D eigenvalue weighted by atomic mass is 10.1. The Kier molecular flexibility index (Phi) is 5.52. The average molecular weight is 385 g/mol. The quantitative estimate of drug-likeness (QED) is 0.596. The molecular weight excluding hydrogens is 372 g/mol. The molecule has 0 aliphatic heterocycles. The number of rotatable bonds is 5. The predicted molar refractivity (Wildman–Crippen MR) is 99.4 cm³/mol. The van der Waals surface area contributed by atoms with Crippen LogP contribution in [0.25, 0.3) is 10.6 Å². The van der Waals surface area contributed by atoms with Crippen LogP contribution >= 0.6 is 22.9 Å². The molecule has 0 amide bonds. The van der Waals surface area contributed by atoms with E-state index in [1.807, 2.05) is 23.6 Å². The minimum absolute atomic E-state index is 0.266. The lowest BCUT2D eigenvalue weighted by Gasteiger charge is -2.06. The summed E-state index contributed by atoms with van der Waals surface area (Å²) in [6.45, 7) is 0.266. The highest BCUT2D eigenvalue weighted by Crippen LogP contribution is 2.28. The molecule has 0 fully saturated rings. The van der Waals surface area contributed by atoms with E-state index in [-0.39, 0.29) is 12.6 Å². The highest BCUT2D eigenvalue weighted by atomic mass is 35.5. The van der Waals surface area contributed by atoms with Crippen LogP contribution in [0.5, 0.6) is 5.75 Å². The first-order valence-corrected chi connectivity index (χ1v) is 8.82. The second kappa shape index (κ2) is 8.00. The average Bonchev–Trinajstić information content (AvgIpc) is 3.15. The summed E-state index contributed by atoms with van der Waals surface area (Å²) in [5.41, 5.74) is 2.65. The first kappa shape index (κ1) is 17.9. The molecule has 0 atom stereocenters. The van der Waals surface area contributed by atoms with Crippen LogP contribution in [-0.4, -0.2) is 18.1 Å². The first-order chi connectivity index (χ1) is 12.6. The zero-order chi connectivity index (χ0) is 18.5. The number of aromatic nitrogens is 1. The molecule has 0 saturated heterocycles. The van der Waals surface area contributed by atoms with Crippen molar-refractivity contribution >= 4 is 28.9 Å². The zero-order valence-electron chi connectivity index (χ0n) is 13.7. The van der Waals surface area contributed by atoms with Gasteiger partial charge in [0.1, 0.15) is 17.4 Å². The summed E-state index contributed by atoms with van der Waals surface area (Å²) >= 11 is 7.58. The Hall–Kier alpha value is -2.88. The van der Waals surface area contributed by atoms with E-state index < -0.39 is 0 Å². The molecule has 3 rings (SSSR count). The molecule has 0 N–H and O–H groups in total. The molecule has 3 aromatic rings. The smallest absolute Gasteiger partial charge is 0.337 e. The van der Waals surface area contributed by atoms with E-state index in [2.05, 4.69) is 9.72 Å². The summed E-state index contributed by atoms with van der Waals surface area (Å²) < 4.78 is 10.4. The van der Waals surface area contributed by atoms with Gasteiger partial charge in [-0.05, 0) is 30.3 Å². The van der Waals surface area contributed by atoms with Crippen LogP contribution in [0.15, 0.2) is 47.8 Å². The van der Waals surface area contributed by atoms with Crippen LogP contribution in [0.4, 0.5) is 0 Å². The molecule has 5 nitrogen and oxygen atoms in total. The number of methoxy groups -OCH3 is 1. The number of thiazole rings is 1. The van der Waals surface area contributed by atoms with Gasteiger partial charge >= 0.3 is 5.97 Å². The topological polar surface area (TPSA) is 72.2 Å². The summed E-state index contributed by atoms with van der Waals surface area (Å²) in [5.74, 6) is 0.131. The third-order valence-electron chi connectivity index (χ3n) is 3.54. The van der Waals surface area contributed by atoms with E-state index in [1.165, 1.54) is 18.4 Å². The van der Waals surface area contributed by atoms with Crippen molar-refractivity contribution in [1.29, 1.82) is 5.26 Å². The van der Waals surface area contributed by atoms with Crippen molar-refractivity contribution in [3.05, 3.63) is 69.7 Å². The van der Waals surface area contributed by atoms with Crippen LogP contribution < -0.4 is 4.74 Å². The van der Waals surface area contributed by atoms with Crippen molar-refractivity contribution in [2.75, 3.05) is 7.11 Å². The van der Waals surface area contributed by atoms with Crippen molar-refractivity contribution < 1.29 is 14.3 Å². The maximum Gasteiger partial charge on any atom is 0.337 e. The SMILES string of the molecule is COC(=O)c1ccc(-c2nc(COc3ccc(C#N)cc3Cl)cs2)cc1. The Morgan fingerprint density at radius 3 is 2.69 bits per heavy atom. The van der Waals surface area contributed by atoms with E-state index >= 15 is 0 Å². The summed E-state index contributed by atoms with van der Waals surface area (Å²) in [6.07, 6.45) is 0. The van der Waals surface area contributed by atoms with Gasteiger partial charge in [-0.15, -0.1) is 11.3 Å². The van der Waals surface area contributed by atoms with E-state index in [0.717, 1.165) is 16.3 Å². The second-order valence-electron chi connectivity index (χ2n) is 5.26. The molecule has 26 heavy (non-hydrogen) atoms. The number of nitrogens with zero attached hydrogens (tertiary/aromatic N) is 2. The number of carbonyl (C=O) groups is 1. The summed E-state index contributed by atoms with van der Waals surface area (Å²) in [7, 11) is 1.35. The summed E-state index contributed by atoms with van der Waals surface area (Å²) in [6, 6.07) is 14.0. The second-order valence-corrected chi connectivity index (χ2v) is 6.52. The summed E-state index contributed by atoms with van der Waals surface area (Å²) in [4.78, 5) is 16.0. The fourth-order valence-corrected chi connectivity index (χ4v) is 3.26. The lowest BCUT2D eigenvalue weighted by Crippen LogP contribution is -2.00. The molecule has 0 aliphatic rings. The van der Waals surface area contributed by atoms with Gasteiger partial charge in [-0.25, -0.2) is 9.78 Å². The molecule has 1 heterocycles. The Morgan fingerprint density at radius 2 is 2.04 bits per heavy atom. The summed E-state index contributed by atoms with van der Waals surface area (Å²) in [5, 5.41) is 12.0. The maximum absolute atomic E-state index is 11.5. The molecule has 0 spiro atoms. The Morgan fingerprint density at radius 1 is 1.27 bits per heavy atom. The lowest BCUT2D eigenvalue weighted by molar-refractivity contribution is 0.0601. The monoisotopic (exact) mass is 384 g/mol. The first-order valence-electron chi connectivity index (χ1n) is 7.56. The van der Waals surface area contributed by atoms with Gasteiger partial charge < -0.3 is 9.47 Å². The number of hydrogen-bond acceptors (Lipinski definition) is 6. The van der Waals surface area contributed by atoms with Crippen molar-refractivity contribution in [3.8, 4) is 22.4 Å². The molecule has 0 radical (unpaired) electrons. The molecule has 130 valence electrons. The standard InChI is InChI=1S/C19H13ClN2O3S/c1-24-19(23)14-5-3-13(4-6-14)18-22-15(11-26-18)10-25-17-7-2-12(9-21)8-16(17)20/h2-8,11H,10H2,1H3. The Balaban J connectivity index is 1.68. The van der Waals surface area contributed by atoms with Crippen molar-refractivity contribution in [1.82, 2.24) is 4.98 Å². The van der Waals surface area contributed by atoms with Gasteiger partial charge in [-0.1, -0.05) is 23.7 Å². The number of ether oxygens (including phenoxy) is 2. The van der Waals surface area contributed by atoms with E-state index in [9.17, 15) is 4.79 Å². The number of benzene rings is 2. The van der Waals surface area contributed by atoms with Crippen molar-refractivity contribution in [2.45, 2.75) is 6.61 Å². The van der Waals surface area contributed by atoms with Crippen molar-refractivity contribution in [2.24, 2.45) is 0 Å². The molecule has 2 aromatic carbocycles. The number of esters is 1. The van der Waals surface area contributed by atoms with E-state index in [0.29, 0.717) is 21.9 Å². The Labute approximate surface area is 159 Å². The molecule has 0 bridgehead atoms. The largest absolute Gasteiger partial charge is 0.486 e. The highest BCUT2D eigenvalue weighted by Gasteiger charge is 2.09. The highest BCUT2D eigenvalue weighted by molar-refractivity contribution is 7.13. The number of carbonyl (C=O) groups excluding carboxylic acids is 1. The van der Waals surface area contributed by atoms with Gasteiger partial charge in [0, 0.05) is 10.9 Å². The van der Waals surface area contributed by atoms with Crippen LogP contribution in [0, 0.1) is 11.3 Å². The molecule has 1 aromatic heterocycles. The third kappa shape index (κ3) is 4.02. The number of hydrogen-bond donors (Lipinski definition) is 0.